The summed E-state index contributed by atoms with van der Waals surface area (Å²) in [5.41, 5.74) is 1.79. The van der Waals surface area contributed by atoms with Gasteiger partial charge in [0.15, 0.2) is 0 Å². The van der Waals surface area contributed by atoms with Crippen molar-refractivity contribution in [3.05, 3.63) is 18.1 Å². The third-order valence-corrected chi connectivity index (χ3v) is 8.59. The van der Waals surface area contributed by atoms with E-state index < -0.39 is 0 Å². The van der Waals surface area contributed by atoms with Crippen molar-refractivity contribution in [2.45, 2.75) is 104 Å². The summed E-state index contributed by atoms with van der Waals surface area (Å²) in [4.78, 5) is 0. The molecule has 4 aliphatic rings. The van der Waals surface area contributed by atoms with E-state index >= 15 is 0 Å². The topological polar surface area (TPSA) is 0 Å². The molecular weight excluding hydrogens is 425 g/mol. The first-order valence-corrected chi connectivity index (χ1v) is 12.7. The van der Waals surface area contributed by atoms with Crippen LogP contribution in [0.3, 0.4) is 0 Å². The van der Waals surface area contributed by atoms with Gasteiger partial charge in [-0.15, -0.1) is 17.8 Å². The molecular formula is C28H43Y-. The summed E-state index contributed by atoms with van der Waals surface area (Å²) in [7, 11) is 0. The molecule has 0 N–H and O–H groups in total. The summed E-state index contributed by atoms with van der Waals surface area (Å²) in [6.07, 6.45) is 25.0. The molecule has 0 spiro atoms. The molecule has 4 rings (SSSR count). The summed E-state index contributed by atoms with van der Waals surface area (Å²) >= 11 is 0. The first-order chi connectivity index (χ1) is 13.7. The monoisotopic (exact) mass is 468 g/mol. The van der Waals surface area contributed by atoms with Crippen molar-refractivity contribution < 1.29 is 32.7 Å². The van der Waals surface area contributed by atoms with Crippen LogP contribution < -0.4 is 0 Å². The fourth-order valence-corrected chi connectivity index (χ4v) is 6.57. The van der Waals surface area contributed by atoms with E-state index in [4.69, 9.17) is 0 Å². The molecule has 0 aliphatic heterocycles. The molecule has 0 nitrogen and oxygen atoms in total. The van der Waals surface area contributed by atoms with Crippen molar-refractivity contribution in [3.63, 3.8) is 0 Å². The molecule has 4 aliphatic carbocycles. The van der Waals surface area contributed by atoms with E-state index in [1.807, 2.05) is 0 Å². The van der Waals surface area contributed by atoms with E-state index in [0.717, 1.165) is 29.6 Å². The van der Waals surface area contributed by atoms with E-state index in [2.05, 4.69) is 38.2 Å². The van der Waals surface area contributed by atoms with E-state index in [9.17, 15) is 0 Å². The Bertz CT molecular complexity index is 569. The molecule has 3 atom stereocenters. The Morgan fingerprint density at radius 2 is 1.52 bits per heavy atom. The molecule has 0 heterocycles. The van der Waals surface area contributed by atoms with Gasteiger partial charge in [-0.05, 0) is 94.3 Å². The van der Waals surface area contributed by atoms with Gasteiger partial charge < -0.3 is 6.42 Å². The van der Waals surface area contributed by atoms with Crippen molar-refractivity contribution >= 4 is 0 Å². The fourth-order valence-electron chi connectivity index (χ4n) is 6.57. The molecule has 0 amide bonds. The van der Waals surface area contributed by atoms with Crippen LogP contribution in [0.25, 0.3) is 0 Å². The fraction of sp³-hybridized carbons (Fsp3) is 0.821. The molecule has 0 saturated heterocycles. The maximum atomic E-state index is 3.69. The Morgan fingerprint density at radius 3 is 2.10 bits per heavy atom. The Kier molecular flexibility index (Phi) is 9.84. The Balaban J connectivity index is 0.00000240. The zero-order chi connectivity index (χ0) is 19.3. The molecule has 1 radical (unpaired) electrons. The van der Waals surface area contributed by atoms with Crippen LogP contribution in [-0.2, 0) is 32.7 Å². The van der Waals surface area contributed by atoms with Gasteiger partial charge in [-0.3, -0.25) is 0 Å². The first-order valence-electron chi connectivity index (χ1n) is 12.7. The predicted octanol–water partition coefficient (Wildman–Crippen LogP) is 7.99. The number of hydrogen-bond acceptors (Lipinski definition) is 0. The van der Waals surface area contributed by atoms with E-state index in [1.165, 1.54) is 89.9 Å². The molecule has 29 heavy (non-hydrogen) atoms. The van der Waals surface area contributed by atoms with Crippen molar-refractivity contribution in [1.82, 2.24) is 0 Å². The van der Waals surface area contributed by atoms with Crippen molar-refractivity contribution in [2.24, 2.45) is 41.4 Å². The van der Waals surface area contributed by atoms with Gasteiger partial charge in [-0.1, -0.05) is 44.3 Å². The molecule has 3 unspecified atom stereocenters. The average Bonchev–Trinajstić information content (AvgIpc) is 3.13. The smallest absolute Gasteiger partial charge is 0.0202 e. The molecule has 1 heteroatoms. The van der Waals surface area contributed by atoms with Gasteiger partial charge in [0.25, 0.3) is 0 Å². The van der Waals surface area contributed by atoms with Crippen LogP contribution in [0.15, 0.2) is 11.6 Å². The van der Waals surface area contributed by atoms with Crippen LogP contribution in [0.1, 0.15) is 104 Å². The van der Waals surface area contributed by atoms with Crippen LogP contribution in [0, 0.1) is 59.7 Å². The molecule has 159 valence electrons. The van der Waals surface area contributed by atoms with Gasteiger partial charge in [0, 0.05) is 38.6 Å². The molecule has 3 fully saturated rings. The average molecular weight is 469 g/mol. The maximum Gasteiger partial charge on any atom is 0.0202 e. The number of allylic oxidation sites excluding steroid dienone is 2. The molecule has 0 aromatic heterocycles. The first kappa shape index (κ1) is 24.1. The van der Waals surface area contributed by atoms with E-state index in [0.29, 0.717) is 11.8 Å². The van der Waals surface area contributed by atoms with Gasteiger partial charge in [-0.25, -0.2) is 0 Å². The quantitative estimate of drug-likeness (QED) is 0.224. The number of hydrogen-bond donors (Lipinski definition) is 0. The molecule has 0 aromatic carbocycles. The molecule has 0 aromatic rings. The standard InChI is InChI=1S/C28H43.Y/c1-21-3-6-23(7-4-21)9-10-24-11-15-27(16-12-24)28-17-13-25(14-18-28)20-26-8-5-22(2)19-26;/h6,19,21-25,27-28H,3-5,7-8,11-18,20H2,1-2H3;/q-1;. The summed E-state index contributed by atoms with van der Waals surface area (Å²) in [6.45, 7) is 4.76. The zero-order valence-corrected chi connectivity index (χ0v) is 22.0. The normalized spacial score (nSPS) is 40.3. The molecule has 0 bridgehead atoms. The summed E-state index contributed by atoms with van der Waals surface area (Å²) in [5.74, 6) is 13.4. The minimum absolute atomic E-state index is 0. The Hall–Kier alpha value is 0.404. The van der Waals surface area contributed by atoms with E-state index in [1.54, 1.807) is 5.57 Å². The van der Waals surface area contributed by atoms with Crippen LogP contribution in [0.2, 0.25) is 0 Å². The van der Waals surface area contributed by atoms with Crippen molar-refractivity contribution in [3.8, 4) is 11.8 Å². The second kappa shape index (κ2) is 11.9. The maximum absolute atomic E-state index is 3.69. The van der Waals surface area contributed by atoms with Crippen molar-refractivity contribution in [2.75, 3.05) is 0 Å². The van der Waals surface area contributed by atoms with Crippen LogP contribution in [0.4, 0.5) is 0 Å². The summed E-state index contributed by atoms with van der Waals surface area (Å²) in [5, 5.41) is 0. The second-order valence-electron chi connectivity index (χ2n) is 11.0. The predicted molar refractivity (Wildman–Crippen MR) is 121 cm³/mol. The van der Waals surface area contributed by atoms with Crippen LogP contribution in [0.5, 0.6) is 0 Å². The van der Waals surface area contributed by atoms with Crippen LogP contribution in [-0.4, -0.2) is 0 Å². The third-order valence-electron chi connectivity index (χ3n) is 8.59. The van der Waals surface area contributed by atoms with Crippen LogP contribution >= 0.6 is 0 Å². The van der Waals surface area contributed by atoms with Gasteiger partial charge >= 0.3 is 0 Å². The number of rotatable bonds is 3. The van der Waals surface area contributed by atoms with Gasteiger partial charge in [-0.2, -0.15) is 6.42 Å². The minimum Gasteiger partial charge on any atom is -0.314 e. The largest absolute Gasteiger partial charge is 0.314 e. The minimum atomic E-state index is 0. The third kappa shape index (κ3) is 7.21. The van der Waals surface area contributed by atoms with E-state index in [-0.39, 0.29) is 32.7 Å². The van der Waals surface area contributed by atoms with Gasteiger partial charge in [0.2, 0.25) is 0 Å². The van der Waals surface area contributed by atoms with Gasteiger partial charge in [0.1, 0.15) is 0 Å². The zero-order valence-electron chi connectivity index (χ0n) is 19.2. The second-order valence-corrected chi connectivity index (χ2v) is 11.0. The van der Waals surface area contributed by atoms with Gasteiger partial charge in [0.05, 0.1) is 0 Å². The Morgan fingerprint density at radius 1 is 0.828 bits per heavy atom. The van der Waals surface area contributed by atoms with Crippen molar-refractivity contribution in [1.29, 1.82) is 0 Å². The SMILES string of the molecule is CC1C=C(CC2CCC(C3CCC(C#CC4[CH-]CC(C)CC4)CC3)CC2)CC1.[Y]. The summed E-state index contributed by atoms with van der Waals surface area (Å²) < 4.78 is 0. The summed E-state index contributed by atoms with van der Waals surface area (Å²) in [6, 6.07) is 0. The Labute approximate surface area is 206 Å². The molecule has 3 saturated carbocycles.